The standard InChI is InChI=1S/C30H27FN8OS/c1-16(40)22-6-7-23(41-22)27-26-21(8-9-34-27)36-30(37-26)28-24-25(31)20(15-35-29(24)39-38-28)19-10-18(13-33-14-19)12-32-11-17-4-2-3-5-17/h6-10,13-15,17,32H,2-5,11-12H2,1H3,(H,36,37)(H,35,38,39). The summed E-state index contributed by atoms with van der Waals surface area (Å²) in [6.07, 6.45) is 11.8. The molecule has 206 valence electrons. The van der Waals surface area contributed by atoms with Gasteiger partial charge in [-0.05, 0) is 62.1 Å². The number of aromatic nitrogens is 7. The number of imidazole rings is 1. The van der Waals surface area contributed by atoms with Crippen molar-refractivity contribution < 1.29 is 9.18 Å². The van der Waals surface area contributed by atoms with Crippen LogP contribution in [0.4, 0.5) is 4.39 Å². The maximum absolute atomic E-state index is 16.2. The number of aromatic amines is 2. The first kappa shape index (κ1) is 25.6. The van der Waals surface area contributed by atoms with Crippen LogP contribution in [-0.4, -0.2) is 47.4 Å². The van der Waals surface area contributed by atoms with Crippen molar-refractivity contribution in [3.05, 3.63) is 65.3 Å². The van der Waals surface area contributed by atoms with Crippen LogP contribution in [-0.2, 0) is 6.54 Å². The van der Waals surface area contributed by atoms with Gasteiger partial charge in [0, 0.05) is 42.5 Å². The van der Waals surface area contributed by atoms with Crippen molar-refractivity contribution in [3.63, 3.8) is 0 Å². The van der Waals surface area contributed by atoms with Gasteiger partial charge in [0.1, 0.15) is 22.7 Å². The van der Waals surface area contributed by atoms with Gasteiger partial charge in [-0.25, -0.2) is 14.4 Å². The second-order valence-electron chi connectivity index (χ2n) is 10.5. The van der Waals surface area contributed by atoms with Gasteiger partial charge in [0.15, 0.2) is 17.3 Å². The van der Waals surface area contributed by atoms with E-state index in [0.29, 0.717) is 45.3 Å². The van der Waals surface area contributed by atoms with Crippen molar-refractivity contribution >= 4 is 39.2 Å². The Kier molecular flexibility index (Phi) is 6.60. The van der Waals surface area contributed by atoms with Gasteiger partial charge in [-0.2, -0.15) is 5.10 Å². The summed E-state index contributed by atoms with van der Waals surface area (Å²) in [5, 5.41) is 10.9. The molecule has 0 spiro atoms. The Morgan fingerprint density at radius 3 is 2.85 bits per heavy atom. The van der Waals surface area contributed by atoms with Gasteiger partial charge in [-0.1, -0.05) is 12.8 Å². The van der Waals surface area contributed by atoms with E-state index in [2.05, 4.69) is 35.5 Å². The van der Waals surface area contributed by atoms with Crippen molar-refractivity contribution in [2.24, 2.45) is 5.92 Å². The third-order valence-electron chi connectivity index (χ3n) is 7.69. The number of H-pyrrole nitrogens is 2. The number of pyridine rings is 3. The minimum Gasteiger partial charge on any atom is -0.337 e. The number of halogens is 1. The molecular weight excluding hydrogens is 539 g/mol. The maximum atomic E-state index is 16.2. The Bertz CT molecular complexity index is 1900. The first-order chi connectivity index (χ1) is 20.0. The summed E-state index contributed by atoms with van der Waals surface area (Å²) in [5.74, 6) is 0.712. The molecule has 0 aromatic carbocycles. The van der Waals surface area contributed by atoms with E-state index in [1.54, 1.807) is 18.5 Å². The normalized spacial score (nSPS) is 14.0. The van der Waals surface area contributed by atoms with Gasteiger partial charge in [0.05, 0.1) is 20.7 Å². The van der Waals surface area contributed by atoms with E-state index in [0.717, 1.165) is 28.4 Å². The Hall–Kier alpha value is -4.35. The lowest BCUT2D eigenvalue weighted by Crippen LogP contribution is -2.20. The van der Waals surface area contributed by atoms with Crippen LogP contribution >= 0.6 is 11.3 Å². The highest BCUT2D eigenvalue weighted by Gasteiger charge is 2.22. The molecule has 0 amide bonds. The Labute approximate surface area is 238 Å². The average molecular weight is 567 g/mol. The van der Waals surface area contributed by atoms with E-state index in [1.165, 1.54) is 50.1 Å². The van der Waals surface area contributed by atoms with E-state index in [9.17, 15) is 4.79 Å². The fourth-order valence-corrected chi connectivity index (χ4v) is 6.48. The van der Waals surface area contributed by atoms with E-state index in [-0.39, 0.29) is 16.8 Å². The van der Waals surface area contributed by atoms with Gasteiger partial charge in [0.25, 0.3) is 0 Å². The number of nitrogens with one attached hydrogen (secondary N) is 3. The van der Waals surface area contributed by atoms with Crippen LogP contribution < -0.4 is 5.32 Å². The molecule has 0 atom stereocenters. The molecule has 6 heterocycles. The number of rotatable bonds is 8. The highest BCUT2D eigenvalue weighted by Crippen LogP contribution is 2.35. The summed E-state index contributed by atoms with van der Waals surface area (Å²) in [5.41, 5.74) is 4.64. The molecule has 6 aromatic rings. The predicted molar refractivity (Wildman–Crippen MR) is 157 cm³/mol. The molecule has 0 saturated heterocycles. The fourth-order valence-electron chi connectivity index (χ4n) is 5.58. The molecule has 1 aliphatic carbocycles. The highest BCUT2D eigenvalue weighted by molar-refractivity contribution is 7.17. The topological polar surface area (TPSA) is 125 Å². The van der Waals surface area contributed by atoms with Crippen LogP contribution in [0.3, 0.4) is 0 Å². The van der Waals surface area contributed by atoms with Crippen LogP contribution in [0.2, 0.25) is 0 Å². The smallest absolute Gasteiger partial charge is 0.184 e. The van der Waals surface area contributed by atoms with Crippen LogP contribution in [0.25, 0.3) is 55.3 Å². The summed E-state index contributed by atoms with van der Waals surface area (Å²) in [6.45, 7) is 3.21. The van der Waals surface area contributed by atoms with Gasteiger partial charge in [-0.3, -0.25) is 19.9 Å². The third-order valence-corrected chi connectivity index (χ3v) is 8.88. The van der Waals surface area contributed by atoms with Gasteiger partial charge < -0.3 is 10.3 Å². The van der Waals surface area contributed by atoms with E-state index in [4.69, 9.17) is 4.98 Å². The average Bonchev–Trinajstić information content (AvgIpc) is 3.79. The van der Waals surface area contributed by atoms with Crippen LogP contribution in [0.5, 0.6) is 0 Å². The molecule has 0 radical (unpaired) electrons. The minimum atomic E-state index is -0.445. The molecule has 0 bridgehead atoms. The predicted octanol–water partition coefficient (Wildman–Crippen LogP) is 6.31. The van der Waals surface area contributed by atoms with Crippen LogP contribution in [0.15, 0.2) is 49.1 Å². The second kappa shape index (κ2) is 10.6. The second-order valence-corrected chi connectivity index (χ2v) is 11.6. The molecular formula is C30H27FN8OS. The molecule has 11 heteroatoms. The van der Waals surface area contributed by atoms with Crippen LogP contribution in [0, 0.1) is 11.7 Å². The Balaban J connectivity index is 1.23. The first-order valence-electron chi connectivity index (χ1n) is 13.7. The highest BCUT2D eigenvalue weighted by atomic mass is 32.1. The number of hydrogen-bond acceptors (Lipinski definition) is 8. The molecule has 41 heavy (non-hydrogen) atoms. The third kappa shape index (κ3) is 4.81. The summed E-state index contributed by atoms with van der Waals surface area (Å²) in [6, 6.07) is 7.42. The fraction of sp³-hybridized carbons (Fsp3) is 0.267. The number of carbonyl (C=O) groups is 1. The lowest BCUT2D eigenvalue weighted by Gasteiger charge is -2.11. The molecule has 6 aromatic heterocycles. The molecule has 1 fully saturated rings. The zero-order valence-electron chi connectivity index (χ0n) is 22.4. The van der Waals surface area contributed by atoms with Gasteiger partial charge in [0.2, 0.25) is 0 Å². The monoisotopic (exact) mass is 566 g/mol. The minimum absolute atomic E-state index is 0.0000693. The number of ketones is 1. The quantitative estimate of drug-likeness (QED) is 0.184. The van der Waals surface area contributed by atoms with Crippen molar-refractivity contribution in [3.8, 4) is 33.2 Å². The van der Waals surface area contributed by atoms with E-state index < -0.39 is 5.82 Å². The Morgan fingerprint density at radius 2 is 2.02 bits per heavy atom. The summed E-state index contributed by atoms with van der Waals surface area (Å²) in [4.78, 5) is 34.7. The molecule has 0 aliphatic heterocycles. The van der Waals surface area contributed by atoms with Crippen molar-refractivity contribution in [2.75, 3.05) is 6.54 Å². The number of nitrogens with zero attached hydrogens (tertiary/aromatic N) is 5. The van der Waals surface area contributed by atoms with Crippen LogP contribution in [0.1, 0.15) is 47.8 Å². The molecule has 7 rings (SSSR count). The van der Waals surface area contributed by atoms with Crippen molar-refractivity contribution in [1.29, 1.82) is 0 Å². The lowest BCUT2D eigenvalue weighted by molar-refractivity contribution is 0.102. The Morgan fingerprint density at radius 1 is 1.15 bits per heavy atom. The molecule has 3 N–H and O–H groups in total. The van der Waals surface area contributed by atoms with Crippen molar-refractivity contribution in [2.45, 2.75) is 39.2 Å². The zero-order valence-corrected chi connectivity index (χ0v) is 23.2. The van der Waals surface area contributed by atoms with Crippen molar-refractivity contribution in [1.82, 2.24) is 40.4 Å². The maximum Gasteiger partial charge on any atom is 0.184 e. The lowest BCUT2D eigenvalue weighted by atomic mass is 10.0. The van der Waals surface area contributed by atoms with Gasteiger partial charge >= 0.3 is 0 Å². The number of Topliss-reactive ketones (excluding diaryl/α,β-unsaturated/α-hetero) is 1. The number of fused-ring (bicyclic) bond motifs is 2. The summed E-state index contributed by atoms with van der Waals surface area (Å²) in [7, 11) is 0. The largest absolute Gasteiger partial charge is 0.337 e. The number of carbonyl (C=O) groups excluding carboxylic acids is 1. The van der Waals surface area contributed by atoms with E-state index >= 15 is 4.39 Å². The zero-order chi connectivity index (χ0) is 27.9. The molecule has 1 saturated carbocycles. The molecule has 9 nitrogen and oxygen atoms in total. The summed E-state index contributed by atoms with van der Waals surface area (Å²) < 4.78 is 16.2. The molecule has 1 aliphatic rings. The SMILES string of the molecule is CC(=O)c1ccc(-c2nccc3[nH]c(-c4[nH]nc5ncc(-c6cncc(CNCC7CCCC7)c6)c(F)c45)nc23)s1. The first-order valence-corrected chi connectivity index (χ1v) is 14.5. The summed E-state index contributed by atoms with van der Waals surface area (Å²) >= 11 is 1.37. The van der Waals surface area contributed by atoms with E-state index in [1.807, 2.05) is 24.4 Å². The molecule has 0 unspecified atom stereocenters. The van der Waals surface area contributed by atoms with Gasteiger partial charge in [-0.15, -0.1) is 11.3 Å². The number of thiophene rings is 1. The number of hydrogen-bond donors (Lipinski definition) is 3.